The van der Waals surface area contributed by atoms with Crippen LogP contribution in [0, 0.1) is 0 Å². The third-order valence-electron chi connectivity index (χ3n) is 5.09. The Morgan fingerprint density at radius 3 is 2.52 bits per heavy atom. The van der Waals surface area contributed by atoms with Gasteiger partial charge in [0.2, 0.25) is 0 Å². The highest BCUT2D eigenvalue weighted by molar-refractivity contribution is 8.19. The molecule has 1 saturated heterocycles. The van der Waals surface area contributed by atoms with Crippen molar-refractivity contribution in [3.63, 3.8) is 0 Å². The summed E-state index contributed by atoms with van der Waals surface area (Å²) < 4.78 is 0.524. The molecule has 0 aliphatic carbocycles. The molecular formula is C21H19NOS4. The maximum absolute atomic E-state index is 13.4. The molecule has 27 heavy (non-hydrogen) atoms. The second-order valence-corrected chi connectivity index (χ2v) is 11.4. The molecule has 2 nitrogen and oxygen atoms in total. The standard InChI is InChI=1S/C21H19NOS4/c23-20(14-3-5-15(6-4-14)21-26-12-13-27-21)22-9-7-17-16(8-11-25-17)19(22)18-2-1-10-24-18/h1-6,8,10-11,19,21H,7,9,12-13H2. The van der Waals surface area contributed by atoms with Crippen molar-refractivity contribution < 1.29 is 4.79 Å². The Labute approximate surface area is 176 Å². The second-order valence-electron chi connectivity index (χ2n) is 6.66. The van der Waals surface area contributed by atoms with Crippen molar-refractivity contribution in [3.8, 4) is 0 Å². The highest BCUT2D eigenvalue weighted by Gasteiger charge is 2.34. The van der Waals surface area contributed by atoms with Crippen molar-refractivity contribution in [2.75, 3.05) is 18.1 Å². The number of hydrogen-bond donors (Lipinski definition) is 0. The highest BCUT2D eigenvalue weighted by Crippen LogP contribution is 2.45. The topological polar surface area (TPSA) is 20.3 Å². The second kappa shape index (κ2) is 7.66. The fourth-order valence-electron chi connectivity index (χ4n) is 3.79. The van der Waals surface area contributed by atoms with Gasteiger partial charge in [0.25, 0.3) is 5.91 Å². The Bertz CT molecular complexity index is 926. The average Bonchev–Trinajstić information content (AvgIpc) is 3.49. The molecule has 0 radical (unpaired) electrons. The molecule has 2 aliphatic rings. The summed E-state index contributed by atoms with van der Waals surface area (Å²) in [7, 11) is 0. The molecule has 0 spiro atoms. The molecule has 5 rings (SSSR count). The summed E-state index contributed by atoms with van der Waals surface area (Å²) in [4.78, 5) is 18.1. The maximum atomic E-state index is 13.4. The van der Waals surface area contributed by atoms with E-state index in [1.165, 1.54) is 32.4 Å². The van der Waals surface area contributed by atoms with Gasteiger partial charge in [-0.2, -0.15) is 0 Å². The first-order chi connectivity index (χ1) is 13.3. The summed E-state index contributed by atoms with van der Waals surface area (Å²) in [6.07, 6.45) is 0.952. The Kier molecular flexibility index (Phi) is 5.07. The van der Waals surface area contributed by atoms with Crippen molar-refractivity contribution in [2.45, 2.75) is 17.0 Å². The fourth-order valence-corrected chi connectivity index (χ4v) is 8.41. The number of carbonyl (C=O) groups is 1. The van der Waals surface area contributed by atoms with Crippen LogP contribution in [0.2, 0.25) is 0 Å². The van der Waals surface area contributed by atoms with Crippen LogP contribution >= 0.6 is 46.2 Å². The van der Waals surface area contributed by atoms with Crippen molar-refractivity contribution in [3.05, 3.63) is 79.7 Å². The van der Waals surface area contributed by atoms with Crippen molar-refractivity contribution in [1.82, 2.24) is 4.90 Å². The molecule has 138 valence electrons. The Hall–Kier alpha value is -1.21. The van der Waals surface area contributed by atoms with E-state index >= 15 is 0 Å². The largest absolute Gasteiger partial charge is 0.326 e. The van der Waals surface area contributed by atoms with Gasteiger partial charge in [-0.3, -0.25) is 4.79 Å². The third kappa shape index (κ3) is 3.37. The molecule has 1 atom stereocenters. The minimum absolute atomic E-state index is 0.0492. The zero-order chi connectivity index (χ0) is 18.2. The van der Waals surface area contributed by atoms with Crippen LogP contribution < -0.4 is 0 Å². The number of benzene rings is 1. The number of fused-ring (bicyclic) bond motifs is 1. The molecule has 0 bridgehead atoms. The zero-order valence-electron chi connectivity index (χ0n) is 14.7. The lowest BCUT2D eigenvalue weighted by Crippen LogP contribution is -2.39. The first kappa shape index (κ1) is 17.9. The smallest absolute Gasteiger partial charge is 0.254 e. The normalized spacial score (nSPS) is 20.0. The van der Waals surface area contributed by atoms with E-state index in [1.807, 2.05) is 47.0 Å². The molecule has 2 aliphatic heterocycles. The van der Waals surface area contributed by atoms with Gasteiger partial charge in [-0.15, -0.1) is 46.2 Å². The number of thiophene rings is 2. The van der Waals surface area contributed by atoms with Gasteiger partial charge in [0.1, 0.15) is 0 Å². The minimum Gasteiger partial charge on any atom is -0.326 e. The van der Waals surface area contributed by atoms with Crippen LogP contribution in [0.25, 0.3) is 0 Å². The molecule has 2 aromatic heterocycles. The van der Waals surface area contributed by atoms with E-state index in [0.29, 0.717) is 4.58 Å². The van der Waals surface area contributed by atoms with Crippen molar-refractivity contribution in [1.29, 1.82) is 0 Å². The summed E-state index contributed by atoms with van der Waals surface area (Å²) in [6, 6.07) is 14.8. The van der Waals surface area contributed by atoms with Gasteiger partial charge in [-0.1, -0.05) is 18.2 Å². The highest BCUT2D eigenvalue weighted by atomic mass is 32.2. The number of thioether (sulfide) groups is 2. The van der Waals surface area contributed by atoms with E-state index in [-0.39, 0.29) is 11.9 Å². The Balaban J connectivity index is 1.45. The summed E-state index contributed by atoms with van der Waals surface area (Å²) in [6.45, 7) is 0.783. The Morgan fingerprint density at radius 1 is 0.963 bits per heavy atom. The zero-order valence-corrected chi connectivity index (χ0v) is 17.9. The third-order valence-corrected chi connectivity index (χ3v) is 10.1. The predicted octanol–water partition coefficient (Wildman–Crippen LogP) is 6.08. The van der Waals surface area contributed by atoms with Gasteiger partial charge in [-0.25, -0.2) is 0 Å². The fraction of sp³-hybridized carbons (Fsp3) is 0.286. The van der Waals surface area contributed by atoms with Crippen LogP contribution in [0.15, 0.2) is 53.2 Å². The van der Waals surface area contributed by atoms with E-state index in [2.05, 4.69) is 46.0 Å². The molecule has 4 heterocycles. The molecule has 0 saturated carbocycles. The number of amides is 1. The van der Waals surface area contributed by atoms with E-state index in [9.17, 15) is 4.79 Å². The SMILES string of the molecule is O=C(c1ccc(C2SCCS2)cc1)N1CCc2sccc2C1c1cccs1. The lowest BCUT2D eigenvalue weighted by molar-refractivity contribution is 0.0699. The van der Waals surface area contributed by atoms with Crippen LogP contribution in [0.5, 0.6) is 0 Å². The average molecular weight is 430 g/mol. The van der Waals surface area contributed by atoms with Crippen molar-refractivity contribution >= 4 is 52.1 Å². The molecule has 3 aromatic rings. The number of nitrogens with zero attached hydrogens (tertiary/aromatic N) is 1. The van der Waals surface area contributed by atoms with Crippen molar-refractivity contribution in [2.24, 2.45) is 0 Å². The van der Waals surface area contributed by atoms with Gasteiger partial charge >= 0.3 is 0 Å². The van der Waals surface area contributed by atoms with E-state index in [0.717, 1.165) is 18.5 Å². The molecule has 1 aromatic carbocycles. The Morgan fingerprint density at radius 2 is 1.78 bits per heavy atom. The van der Waals surface area contributed by atoms with Gasteiger partial charge < -0.3 is 4.90 Å². The molecule has 1 amide bonds. The van der Waals surface area contributed by atoms with E-state index in [1.54, 1.807) is 11.3 Å². The monoisotopic (exact) mass is 429 g/mol. The predicted molar refractivity (Wildman–Crippen MR) is 119 cm³/mol. The first-order valence-electron chi connectivity index (χ1n) is 9.05. The number of carbonyl (C=O) groups excluding carboxylic acids is 1. The molecule has 0 N–H and O–H groups in total. The molecule has 6 heteroatoms. The van der Waals surface area contributed by atoms with Crippen LogP contribution in [0.3, 0.4) is 0 Å². The van der Waals surface area contributed by atoms with Gasteiger partial charge in [0, 0.05) is 33.4 Å². The van der Waals surface area contributed by atoms with Crippen LogP contribution in [-0.4, -0.2) is 28.9 Å². The maximum Gasteiger partial charge on any atom is 0.254 e. The van der Waals surface area contributed by atoms with Crippen LogP contribution in [0.4, 0.5) is 0 Å². The van der Waals surface area contributed by atoms with Crippen LogP contribution in [-0.2, 0) is 6.42 Å². The number of hydrogen-bond acceptors (Lipinski definition) is 5. The summed E-state index contributed by atoms with van der Waals surface area (Å²) in [5.74, 6) is 2.58. The molecular weight excluding hydrogens is 411 g/mol. The lowest BCUT2D eigenvalue weighted by Gasteiger charge is -2.35. The summed E-state index contributed by atoms with van der Waals surface area (Å²) >= 11 is 7.55. The summed E-state index contributed by atoms with van der Waals surface area (Å²) in [5, 5.41) is 4.26. The minimum atomic E-state index is 0.0492. The van der Waals surface area contributed by atoms with Gasteiger partial charge in [0.15, 0.2) is 0 Å². The van der Waals surface area contributed by atoms with Gasteiger partial charge in [-0.05, 0) is 52.6 Å². The van der Waals surface area contributed by atoms with E-state index in [4.69, 9.17) is 0 Å². The van der Waals surface area contributed by atoms with Gasteiger partial charge in [0.05, 0.1) is 10.6 Å². The quantitative estimate of drug-likeness (QED) is 0.503. The van der Waals surface area contributed by atoms with E-state index < -0.39 is 0 Å². The first-order valence-corrected chi connectivity index (χ1v) is 12.9. The lowest BCUT2D eigenvalue weighted by atomic mass is 9.97. The number of rotatable bonds is 3. The van der Waals surface area contributed by atoms with Crippen LogP contribution in [0.1, 0.15) is 41.9 Å². The molecule has 1 unspecified atom stereocenters. The summed E-state index contributed by atoms with van der Waals surface area (Å²) in [5.41, 5.74) is 3.43. The molecule has 1 fully saturated rings.